The van der Waals surface area contributed by atoms with Crippen LogP contribution in [0.15, 0.2) is 78.9 Å². The van der Waals surface area contributed by atoms with Crippen LogP contribution in [0.3, 0.4) is 0 Å². The van der Waals surface area contributed by atoms with Crippen molar-refractivity contribution in [3.63, 3.8) is 0 Å². The molecule has 5 rings (SSSR count). The minimum atomic E-state index is 0.509. The van der Waals surface area contributed by atoms with Gasteiger partial charge in [-0.05, 0) is 57.0 Å². The van der Waals surface area contributed by atoms with E-state index in [2.05, 4.69) is 85.8 Å². The minimum Gasteiger partial charge on any atom is -0.0651 e. The van der Waals surface area contributed by atoms with Crippen molar-refractivity contribution in [3.05, 3.63) is 95.6 Å². The van der Waals surface area contributed by atoms with Gasteiger partial charge in [0.1, 0.15) is 0 Å². The Hall–Kier alpha value is -2.60. The van der Waals surface area contributed by atoms with Crippen LogP contribution >= 0.6 is 0 Å². The molecule has 0 saturated heterocycles. The van der Waals surface area contributed by atoms with Crippen LogP contribution < -0.4 is 0 Å². The Labute approximate surface area is 155 Å². The lowest BCUT2D eigenvalue weighted by atomic mass is 9.71. The number of hydrogen-bond donors (Lipinski definition) is 0. The van der Waals surface area contributed by atoms with E-state index in [4.69, 9.17) is 0 Å². The molecular formula is C26H24. The van der Waals surface area contributed by atoms with Crippen LogP contribution in [0, 0.1) is 5.92 Å². The molecule has 0 amide bonds. The summed E-state index contributed by atoms with van der Waals surface area (Å²) in [7, 11) is 0. The van der Waals surface area contributed by atoms with Crippen LogP contribution in [-0.2, 0) is 6.42 Å². The second kappa shape index (κ2) is 6.29. The van der Waals surface area contributed by atoms with Gasteiger partial charge in [-0.3, -0.25) is 0 Å². The van der Waals surface area contributed by atoms with E-state index in [1.165, 1.54) is 46.4 Å². The average Bonchev–Trinajstić information content (AvgIpc) is 2.73. The molecule has 0 saturated carbocycles. The van der Waals surface area contributed by atoms with Crippen molar-refractivity contribution in [2.75, 3.05) is 0 Å². The van der Waals surface area contributed by atoms with Gasteiger partial charge in [-0.25, -0.2) is 0 Å². The first kappa shape index (κ1) is 15.6. The van der Waals surface area contributed by atoms with Crippen LogP contribution in [-0.4, -0.2) is 0 Å². The summed E-state index contributed by atoms with van der Waals surface area (Å²) in [6.07, 6.45) is 3.75. The maximum Gasteiger partial charge on any atom is 0.0101 e. The molecule has 0 fully saturated rings. The van der Waals surface area contributed by atoms with E-state index < -0.39 is 0 Å². The third-order valence-corrected chi connectivity index (χ3v) is 6.26. The van der Waals surface area contributed by atoms with E-state index >= 15 is 0 Å². The fraction of sp³-hybridized carbons (Fsp3) is 0.231. The van der Waals surface area contributed by atoms with Gasteiger partial charge in [0.05, 0.1) is 0 Å². The average molecular weight is 336 g/mol. The van der Waals surface area contributed by atoms with Crippen LogP contribution in [0.2, 0.25) is 0 Å². The fourth-order valence-electron chi connectivity index (χ4n) is 4.89. The Kier molecular flexibility index (Phi) is 3.78. The van der Waals surface area contributed by atoms with Gasteiger partial charge < -0.3 is 0 Å². The molecule has 0 heteroatoms. The van der Waals surface area contributed by atoms with Crippen molar-refractivity contribution in [1.82, 2.24) is 0 Å². The number of fused-ring (bicyclic) bond motifs is 5. The van der Waals surface area contributed by atoms with Gasteiger partial charge >= 0.3 is 0 Å². The van der Waals surface area contributed by atoms with Crippen molar-refractivity contribution in [1.29, 1.82) is 0 Å². The third kappa shape index (κ3) is 2.44. The van der Waals surface area contributed by atoms with Gasteiger partial charge in [-0.15, -0.1) is 0 Å². The van der Waals surface area contributed by atoms with Gasteiger partial charge in [0.2, 0.25) is 0 Å². The molecule has 0 heterocycles. The summed E-state index contributed by atoms with van der Waals surface area (Å²) >= 11 is 0. The maximum absolute atomic E-state index is 2.40. The Morgan fingerprint density at radius 1 is 0.731 bits per heavy atom. The Bertz CT molecular complexity index is 1080. The predicted molar refractivity (Wildman–Crippen MR) is 112 cm³/mol. The minimum absolute atomic E-state index is 0.509. The van der Waals surface area contributed by atoms with E-state index in [9.17, 15) is 0 Å². The summed E-state index contributed by atoms with van der Waals surface area (Å²) in [5.41, 5.74) is 4.59. The van der Waals surface area contributed by atoms with Gasteiger partial charge in [0.15, 0.2) is 0 Å². The van der Waals surface area contributed by atoms with Crippen LogP contribution in [0.25, 0.3) is 21.5 Å². The maximum atomic E-state index is 2.40. The molecule has 26 heavy (non-hydrogen) atoms. The summed E-state index contributed by atoms with van der Waals surface area (Å²) < 4.78 is 0. The van der Waals surface area contributed by atoms with Crippen molar-refractivity contribution in [3.8, 4) is 0 Å². The second-order valence-corrected chi connectivity index (χ2v) is 7.70. The van der Waals surface area contributed by atoms with E-state index in [1.807, 2.05) is 0 Å². The number of rotatable bonds is 2. The second-order valence-electron chi connectivity index (χ2n) is 7.70. The first-order valence-electron chi connectivity index (χ1n) is 9.83. The van der Waals surface area contributed by atoms with Gasteiger partial charge in [0.25, 0.3) is 0 Å². The van der Waals surface area contributed by atoms with Crippen LogP contribution in [0.4, 0.5) is 0 Å². The molecule has 0 aliphatic heterocycles. The smallest absolute Gasteiger partial charge is 0.0101 e. The quantitative estimate of drug-likeness (QED) is 0.342. The molecule has 0 aromatic heterocycles. The monoisotopic (exact) mass is 336 g/mol. The highest BCUT2D eigenvalue weighted by Gasteiger charge is 2.29. The largest absolute Gasteiger partial charge is 0.0651 e. The SMILES string of the molecule is CCC1Cc2ccc3c(ccc4ccccc43)c2C(c2ccccc2)C1. The molecule has 4 aromatic rings. The Morgan fingerprint density at radius 2 is 1.50 bits per heavy atom. The molecule has 0 nitrogen and oxygen atoms in total. The van der Waals surface area contributed by atoms with Gasteiger partial charge in [-0.2, -0.15) is 0 Å². The number of hydrogen-bond acceptors (Lipinski definition) is 0. The fourth-order valence-corrected chi connectivity index (χ4v) is 4.89. The molecule has 128 valence electrons. The molecule has 4 aromatic carbocycles. The molecule has 0 radical (unpaired) electrons. The topological polar surface area (TPSA) is 0 Å². The summed E-state index contributed by atoms with van der Waals surface area (Å²) in [6, 6.07) is 29.3. The molecule has 0 spiro atoms. The Balaban J connectivity index is 1.81. The molecular weight excluding hydrogens is 312 g/mol. The zero-order valence-corrected chi connectivity index (χ0v) is 15.3. The summed E-state index contributed by atoms with van der Waals surface area (Å²) in [5.74, 6) is 1.29. The van der Waals surface area contributed by atoms with Crippen LogP contribution in [0.5, 0.6) is 0 Å². The predicted octanol–water partition coefficient (Wildman–Crippen LogP) is 7.10. The van der Waals surface area contributed by atoms with Crippen molar-refractivity contribution < 1.29 is 0 Å². The highest BCUT2D eigenvalue weighted by atomic mass is 14.3. The van der Waals surface area contributed by atoms with Gasteiger partial charge in [0, 0.05) is 5.92 Å². The zero-order valence-electron chi connectivity index (χ0n) is 15.3. The summed E-state index contributed by atoms with van der Waals surface area (Å²) in [4.78, 5) is 0. The molecule has 1 aliphatic rings. The summed E-state index contributed by atoms with van der Waals surface area (Å²) in [6.45, 7) is 2.34. The van der Waals surface area contributed by atoms with E-state index in [1.54, 1.807) is 11.1 Å². The lowest BCUT2D eigenvalue weighted by Crippen LogP contribution is -2.19. The van der Waals surface area contributed by atoms with E-state index in [0.717, 1.165) is 5.92 Å². The molecule has 0 bridgehead atoms. The van der Waals surface area contributed by atoms with E-state index in [-0.39, 0.29) is 0 Å². The zero-order chi connectivity index (χ0) is 17.5. The highest BCUT2D eigenvalue weighted by molar-refractivity contribution is 6.09. The lowest BCUT2D eigenvalue weighted by Gasteiger charge is -2.33. The Morgan fingerprint density at radius 3 is 2.35 bits per heavy atom. The molecule has 2 unspecified atom stereocenters. The first-order valence-corrected chi connectivity index (χ1v) is 9.83. The lowest BCUT2D eigenvalue weighted by molar-refractivity contribution is 0.418. The number of benzene rings is 4. The summed E-state index contributed by atoms with van der Waals surface area (Å²) in [5, 5.41) is 5.55. The van der Waals surface area contributed by atoms with E-state index in [0.29, 0.717) is 5.92 Å². The highest BCUT2D eigenvalue weighted by Crippen LogP contribution is 2.44. The normalized spacial score (nSPS) is 19.6. The standard InChI is InChI=1S/C26H24/c1-2-18-16-21-13-14-23-22-11-7-6-10-20(22)12-15-24(23)26(21)25(17-18)19-8-4-3-5-9-19/h3-15,18,25H,2,16-17H2,1H3. The first-order chi connectivity index (χ1) is 12.8. The third-order valence-electron chi connectivity index (χ3n) is 6.26. The molecule has 2 atom stereocenters. The van der Waals surface area contributed by atoms with Crippen molar-refractivity contribution in [2.45, 2.75) is 32.1 Å². The molecule has 1 aliphatic carbocycles. The van der Waals surface area contributed by atoms with Crippen molar-refractivity contribution >= 4 is 21.5 Å². The van der Waals surface area contributed by atoms with Crippen molar-refractivity contribution in [2.24, 2.45) is 5.92 Å². The van der Waals surface area contributed by atoms with Crippen LogP contribution in [0.1, 0.15) is 42.4 Å². The molecule has 0 N–H and O–H groups in total. The van der Waals surface area contributed by atoms with Gasteiger partial charge in [-0.1, -0.05) is 92.2 Å².